The van der Waals surface area contributed by atoms with Crippen LogP contribution in [-0.4, -0.2) is 25.2 Å². The highest BCUT2D eigenvalue weighted by Gasteiger charge is 2.23. The second-order valence-electron chi connectivity index (χ2n) is 4.29. The molecule has 0 spiro atoms. The van der Waals surface area contributed by atoms with Gasteiger partial charge in [0.05, 0.1) is 6.61 Å². The average molecular weight is 247 g/mol. The zero-order chi connectivity index (χ0) is 13.0. The van der Waals surface area contributed by atoms with Gasteiger partial charge in [-0.05, 0) is 30.2 Å². The first-order valence-corrected chi connectivity index (χ1v) is 5.93. The Morgan fingerprint density at radius 3 is 3.06 bits per heavy atom. The minimum absolute atomic E-state index is 0.168. The molecule has 0 radical (unpaired) electrons. The van der Waals surface area contributed by atoms with Crippen LogP contribution in [-0.2, 0) is 16.1 Å². The van der Waals surface area contributed by atoms with Crippen LogP contribution in [0.2, 0.25) is 0 Å². The second-order valence-corrected chi connectivity index (χ2v) is 4.29. The first-order chi connectivity index (χ1) is 8.69. The Bertz CT molecular complexity index is 452. The van der Waals surface area contributed by atoms with Crippen molar-refractivity contribution in [1.82, 2.24) is 5.32 Å². The molecule has 1 aliphatic heterocycles. The number of amides is 1. The van der Waals surface area contributed by atoms with E-state index >= 15 is 0 Å². The molecule has 4 heteroatoms. The minimum atomic E-state index is -0.168. The number of aryl methyl sites for hydroxylation is 1. The highest BCUT2D eigenvalue weighted by molar-refractivity contribution is 5.86. The fourth-order valence-electron chi connectivity index (χ4n) is 1.59. The van der Waals surface area contributed by atoms with Crippen LogP contribution in [0.3, 0.4) is 0 Å². The van der Waals surface area contributed by atoms with E-state index in [9.17, 15) is 4.79 Å². The number of rotatable bonds is 6. The summed E-state index contributed by atoms with van der Waals surface area (Å²) >= 11 is 0. The van der Waals surface area contributed by atoms with Crippen LogP contribution in [0.1, 0.15) is 11.1 Å². The van der Waals surface area contributed by atoms with Crippen LogP contribution in [0.5, 0.6) is 5.75 Å². The number of carbonyl (C=O) groups is 1. The van der Waals surface area contributed by atoms with Gasteiger partial charge in [0.15, 0.2) is 0 Å². The van der Waals surface area contributed by atoms with Gasteiger partial charge in [-0.25, -0.2) is 0 Å². The van der Waals surface area contributed by atoms with Crippen molar-refractivity contribution < 1.29 is 14.3 Å². The molecule has 4 nitrogen and oxygen atoms in total. The van der Waals surface area contributed by atoms with Crippen molar-refractivity contribution in [2.75, 3.05) is 13.2 Å². The van der Waals surface area contributed by atoms with Gasteiger partial charge in [-0.1, -0.05) is 18.7 Å². The molecule has 1 saturated heterocycles. The van der Waals surface area contributed by atoms with E-state index in [2.05, 4.69) is 11.9 Å². The Hall–Kier alpha value is -1.81. The summed E-state index contributed by atoms with van der Waals surface area (Å²) in [5.74, 6) is 0.697. The van der Waals surface area contributed by atoms with Gasteiger partial charge in [-0.15, -0.1) is 0 Å². The van der Waals surface area contributed by atoms with E-state index in [1.54, 1.807) is 0 Å². The standard InChI is InChI=1S/C14H17NO3/c1-3-14(16)15-7-11-4-5-13(10(2)6-11)18-9-12-8-17-12/h3-6,12H,1,7-9H2,2H3,(H,15,16). The van der Waals surface area contributed by atoms with Gasteiger partial charge in [0.25, 0.3) is 0 Å². The molecule has 1 fully saturated rings. The van der Waals surface area contributed by atoms with Crippen LogP contribution in [0.15, 0.2) is 30.9 Å². The quantitative estimate of drug-likeness (QED) is 0.613. The molecule has 1 atom stereocenters. The van der Waals surface area contributed by atoms with Crippen LogP contribution < -0.4 is 10.1 Å². The van der Waals surface area contributed by atoms with E-state index in [0.717, 1.165) is 23.5 Å². The van der Waals surface area contributed by atoms with Crippen LogP contribution >= 0.6 is 0 Å². The van der Waals surface area contributed by atoms with E-state index in [0.29, 0.717) is 13.2 Å². The average Bonchev–Trinajstić information content (AvgIpc) is 3.18. The zero-order valence-corrected chi connectivity index (χ0v) is 10.4. The molecule has 1 N–H and O–H groups in total. The Balaban J connectivity index is 1.90. The number of benzene rings is 1. The van der Waals surface area contributed by atoms with Gasteiger partial charge in [-0.3, -0.25) is 4.79 Å². The summed E-state index contributed by atoms with van der Waals surface area (Å²) in [5.41, 5.74) is 2.10. The van der Waals surface area contributed by atoms with Crippen molar-refractivity contribution in [1.29, 1.82) is 0 Å². The molecule has 1 heterocycles. The molecule has 1 amide bonds. The smallest absolute Gasteiger partial charge is 0.243 e. The maximum absolute atomic E-state index is 11.1. The first-order valence-electron chi connectivity index (χ1n) is 5.93. The molecule has 0 aliphatic carbocycles. The van der Waals surface area contributed by atoms with E-state index in [1.165, 1.54) is 6.08 Å². The Morgan fingerprint density at radius 1 is 1.67 bits per heavy atom. The van der Waals surface area contributed by atoms with Gasteiger partial charge < -0.3 is 14.8 Å². The summed E-state index contributed by atoms with van der Waals surface area (Å²) in [6, 6.07) is 5.87. The molecular formula is C14H17NO3. The molecule has 1 aromatic carbocycles. The maximum atomic E-state index is 11.1. The van der Waals surface area contributed by atoms with E-state index < -0.39 is 0 Å². The molecule has 96 valence electrons. The summed E-state index contributed by atoms with van der Waals surface area (Å²) in [4.78, 5) is 11.1. The Morgan fingerprint density at radius 2 is 2.44 bits per heavy atom. The number of carbonyl (C=O) groups excluding carboxylic acids is 1. The fourth-order valence-corrected chi connectivity index (χ4v) is 1.59. The SMILES string of the molecule is C=CC(=O)NCc1ccc(OCC2CO2)c(C)c1. The number of ether oxygens (including phenoxy) is 2. The lowest BCUT2D eigenvalue weighted by atomic mass is 10.1. The van der Waals surface area contributed by atoms with Crippen LogP contribution in [0, 0.1) is 6.92 Å². The highest BCUT2D eigenvalue weighted by Crippen LogP contribution is 2.21. The molecule has 1 aliphatic rings. The molecule has 1 aromatic rings. The monoisotopic (exact) mass is 247 g/mol. The largest absolute Gasteiger partial charge is 0.491 e. The predicted octanol–water partition coefficient (Wildman–Crippen LogP) is 1.57. The normalized spacial score (nSPS) is 17.1. The third-order valence-electron chi connectivity index (χ3n) is 2.72. The number of nitrogens with one attached hydrogen (secondary N) is 1. The summed E-state index contributed by atoms with van der Waals surface area (Å²) in [7, 11) is 0. The fraction of sp³-hybridized carbons (Fsp3) is 0.357. The molecule has 18 heavy (non-hydrogen) atoms. The molecule has 0 saturated carbocycles. The van der Waals surface area contributed by atoms with Crippen LogP contribution in [0.4, 0.5) is 0 Å². The van der Waals surface area contributed by atoms with Gasteiger partial charge >= 0.3 is 0 Å². The lowest BCUT2D eigenvalue weighted by Crippen LogP contribution is -2.19. The summed E-state index contributed by atoms with van der Waals surface area (Å²) in [6.07, 6.45) is 1.52. The third kappa shape index (κ3) is 3.60. The maximum Gasteiger partial charge on any atom is 0.243 e. The predicted molar refractivity (Wildman–Crippen MR) is 68.5 cm³/mol. The topological polar surface area (TPSA) is 50.9 Å². The lowest BCUT2D eigenvalue weighted by Gasteiger charge is -2.10. The van der Waals surface area contributed by atoms with Crippen molar-refractivity contribution in [3.8, 4) is 5.75 Å². The van der Waals surface area contributed by atoms with E-state index in [-0.39, 0.29) is 12.0 Å². The zero-order valence-electron chi connectivity index (χ0n) is 10.4. The summed E-state index contributed by atoms with van der Waals surface area (Å²) in [5, 5.41) is 2.74. The Labute approximate surface area is 107 Å². The summed E-state index contributed by atoms with van der Waals surface area (Å²) < 4.78 is 10.7. The minimum Gasteiger partial charge on any atom is -0.491 e. The number of epoxide rings is 1. The van der Waals surface area contributed by atoms with Gasteiger partial charge in [-0.2, -0.15) is 0 Å². The lowest BCUT2D eigenvalue weighted by molar-refractivity contribution is -0.116. The van der Waals surface area contributed by atoms with E-state index in [1.807, 2.05) is 25.1 Å². The van der Waals surface area contributed by atoms with Gasteiger partial charge in [0.2, 0.25) is 5.91 Å². The molecule has 1 unspecified atom stereocenters. The molecule has 2 rings (SSSR count). The van der Waals surface area contributed by atoms with Gasteiger partial charge in [0.1, 0.15) is 18.5 Å². The molecule has 0 aromatic heterocycles. The second kappa shape index (κ2) is 5.69. The van der Waals surface area contributed by atoms with Crippen molar-refractivity contribution in [2.24, 2.45) is 0 Å². The highest BCUT2D eigenvalue weighted by atomic mass is 16.6. The van der Waals surface area contributed by atoms with Crippen molar-refractivity contribution in [3.05, 3.63) is 42.0 Å². The molecule has 0 bridgehead atoms. The number of hydrogen-bond acceptors (Lipinski definition) is 3. The van der Waals surface area contributed by atoms with Gasteiger partial charge in [0, 0.05) is 6.54 Å². The van der Waals surface area contributed by atoms with Crippen molar-refractivity contribution >= 4 is 5.91 Å². The third-order valence-corrected chi connectivity index (χ3v) is 2.72. The number of hydrogen-bond donors (Lipinski definition) is 1. The Kier molecular flexibility index (Phi) is 3.99. The van der Waals surface area contributed by atoms with Crippen molar-refractivity contribution in [2.45, 2.75) is 19.6 Å². The first kappa shape index (κ1) is 12.6. The van der Waals surface area contributed by atoms with E-state index in [4.69, 9.17) is 9.47 Å². The van der Waals surface area contributed by atoms with Crippen molar-refractivity contribution in [3.63, 3.8) is 0 Å². The molecular weight excluding hydrogens is 230 g/mol. The summed E-state index contributed by atoms with van der Waals surface area (Å²) in [6.45, 7) is 7.29. The van der Waals surface area contributed by atoms with Crippen LogP contribution in [0.25, 0.3) is 0 Å².